The van der Waals surface area contributed by atoms with Crippen LogP contribution in [0.15, 0.2) is 44.4 Å². The van der Waals surface area contributed by atoms with E-state index in [2.05, 4.69) is 26.1 Å². The number of hydrogen-bond acceptors (Lipinski definition) is 5. The van der Waals surface area contributed by atoms with Crippen molar-refractivity contribution >= 4 is 32.7 Å². The van der Waals surface area contributed by atoms with Crippen LogP contribution in [0.25, 0.3) is 10.9 Å². The Labute approximate surface area is 146 Å². The van der Waals surface area contributed by atoms with E-state index in [1.807, 2.05) is 6.07 Å². The van der Waals surface area contributed by atoms with Crippen LogP contribution in [-0.2, 0) is 17.9 Å². The maximum absolute atomic E-state index is 12.5. The van der Waals surface area contributed by atoms with Crippen molar-refractivity contribution in [3.8, 4) is 0 Å². The molecule has 0 unspecified atom stereocenters. The third-order valence-electron chi connectivity index (χ3n) is 3.59. The fourth-order valence-corrected chi connectivity index (χ4v) is 2.69. The van der Waals surface area contributed by atoms with Gasteiger partial charge in [0.25, 0.3) is 5.56 Å². The summed E-state index contributed by atoms with van der Waals surface area (Å²) in [4.78, 5) is 30.6. The molecule has 7 nitrogen and oxygen atoms in total. The Morgan fingerprint density at radius 3 is 2.88 bits per heavy atom. The van der Waals surface area contributed by atoms with Crippen molar-refractivity contribution in [1.29, 1.82) is 0 Å². The average molecular weight is 391 g/mol. The first-order valence-electron chi connectivity index (χ1n) is 7.25. The molecule has 8 heteroatoms. The summed E-state index contributed by atoms with van der Waals surface area (Å²) in [6, 6.07) is 7.04. The fourth-order valence-electron chi connectivity index (χ4n) is 2.33. The highest BCUT2D eigenvalue weighted by Crippen LogP contribution is 2.14. The molecule has 0 radical (unpaired) electrons. The Hall–Kier alpha value is -2.48. The summed E-state index contributed by atoms with van der Waals surface area (Å²) in [6.45, 7) is 2.02. The zero-order chi connectivity index (χ0) is 17.3. The summed E-state index contributed by atoms with van der Waals surface area (Å²) >= 11 is 3.34. The molecule has 0 fully saturated rings. The van der Waals surface area contributed by atoms with Crippen LogP contribution in [0.4, 0.5) is 0 Å². The molecular weight excluding hydrogens is 376 g/mol. The van der Waals surface area contributed by atoms with Gasteiger partial charge in [-0.3, -0.25) is 14.2 Å². The number of aryl methyl sites for hydroxylation is 1. The van der Waals surface area contributed by atoms with Crippen LogP contribution >= 0.6 is 15.9 Å². The van der Waals surface area contributed by atoms with E-state index in [1.165, 1.54) is 15.8 Å². The van der Waals surface area contributed by atoms with Crippen LogP contribution in [0.5, 0.6) is 0 Å². The zero-order valence-corrected chi connectivity index (χ0v) is 14.8. The summed E-state index contributed by atoms with van der Waals surface area (Å²) in [5, 5.41) is 4.33. The third-order valence-corrected chi connectivity index (χ3v) is 4.09. The van der Waals surface area contributed by atoms with Crippen LogP contribution in [0.1, 0.15) is 11.5 Å². The Morgan fingerprint density at radius 1 is 1.38 bits per heavy atom. The monoisotopic (exact) mass is 390 g/mol. The third kappa shape index (κ3) is 3.38. The number of carbonyl (C=O) groups excluding carboxylic acids is 1. The lowest BCUT2D eigenvalue weighted by Gasteiger charge is -2.16. The predicted molar refractivity (Wildman–Crippen MR) is 91.4 cm³/mol. The van der Waals surface area contributed by atoms with Crippen LogP contribution in [0, 0.1) is 6.92 Å². The molecule has 0 aliphatic rings. The highest BCUT2D eigenvalue weighted by molar-refractivity contribution is 9.10. The molecule has 0 spiro atoms. The van der Waals surface area contributed by atoms with Crippen LogP contribution in [-0.4, -0.2) is 32.6 Å². The Morgan fingerprint density at radius 2 is 2.17 bits per heavy atom. The van der Waals surface area contributed by atoms with Gasteiger partial charge >= 0.3 is 0 Å². The van der Waals surface area contributed by atoms with Gasteiger partial charge in [0.2, 0.25) is 5.91 Å². The smallest absolute Gasteiger partial charge is 0.261 e. The van der Waals surface area contributed by atoms with E-state index in [-0.39, 0.29) is 18.0 Å². The molecule has 0 saturated carbocycles. The van der Waals surface area contributed by atoms with Gasteiger partial charge in [0.05, 0.1) is 23.8 Å². The number of benzene rings is 1. The highest BCUT2D eigenvalue weighted by Gasteiger charge is 2.14. The Balaban J connectivity index is 1.80. The normalized spacial score (nSPS) is 11.0. The molecule has 0 aliphatic heterocycles. The van der Waals surface area contributed by atoms with Gasteiger partial charge in [-0.1, -0.05) is 21.1 Å². The molecule has 1 amide bonds. The fraction of sp³-hybridized carbons (Fsp3) is 0.250. The first-order chi connectivity index (χ1) is 11.4. The van der Waals surface area contributed by atoms with Crippen molar-refractivity contribution in [3.05, 3.63) is 56.9 Å². The van der Waals surface area contributed by atoms with E-state index >= 15 is 0 Å². The van der Waals surface area contributed by atoms with E-state index < -0.39 is 0 Å². The number of carbonyl (C=O) groups is 1. The van der Waals surface area contributed by atoms with Crippen molar-refractivity contribution < 1.29 is 9.32 Å². The number of nitrogens with zero attached hydrogens (tertiary/aromatic N) is 4. The molecule has 2 heterocycles. The first-order valence-corrected chi connectivity index (χ1v) is 8.04. The van der Waals surface area contributed by atoms with E-state index in [4.69, 9.17) is 4.52 Å². The summed E-state index contributed by atoms with van der Waals surface area (Å²) < 4.78 is 7.08. The molecule has 0 atom stereocenters. The summed E-state index contributed by atoms with van der Waals surface area (Å²) in [7, 11) is 1.66. The maximum atomic E-state index is 12.5. The molecule has 0 bridgehead atoms. The first kappa shape index (κ1) is 16.4. The van der Waals surface area contributed by atoms with E-state index in [9.17, 15) is 9.59 Å². The van der Waals surface area contributed by atoms with Crippen LogP contribution in [0.3, 0.4) is 0 Å². The molecular formula is C16H15BrN4O3. The summed E-state index contributed by atoms with van der Waals surface area (Å²) in [5.74, 6) is 0.472. The van der Waals surface area contributed by atoms with E-state index in [1.54, 1.807) is 32.2 Å². The van der Waals surface area contributed by atoms with E-state index in [0.717, 1.165) is 4.47 Å². The second-order valence-corrected chi connectivity index (χ2v) is 6.43. The van der Waals surface area contributed by atoms with Crippen molar-refractivity contribution in [2.75, 3.05) is 7.05 Å². The number of halogens is 1. The Bertz CT molecular complexity index is 963. The van der Waals surface area contributed by atoms with Gasteiger partial charge in [0, 0.05) is 17.6 Å². The molecule has 0 saturated heterocycles. The van der Waals surface area contributed by atoms with Gasteiger partial charge in [-0.15, -0.1) is 0 Å². The van der Waals surface area contributed by atoms with Gasteiger partial charge in [-0.2, -0.15) is 0 Å². The van der Waals surface area contributed by atoms with E-state index in [0.29, 0.717) is 28.9 Å². The van der Waals surface area contributed by atoms with Gasteiger partial charge < -0.3 is 9.42 Å². The lowest BCUT2D eigenvalue weighted by molar-refractivity contribution is -0.131. The molecule has 3 rings (SSSR count). The van der Waals surface area contributed by atoms with Gasteiger partial charge in [0.1, 0.15) is 18.0 Å². The largest absolute Gasteiger partial charge is 0.361 e. The van der Waals surface area contributed by atoms with Gasteiger partial charge in [-0.25, -0.2) is 4.98 Å². The zero-order valence-electron chi connectivity index (χ0n) is 13.2. The number of aromatic nitrogens is 3. The SMILES string of the molecule is Cc1cc(CN(C)C(=O)Cn2cnc3ccc(Br)cc3c2=O)no1. The molecule has 0 N–H and O–H groups in total. The average Bonchev–Trinajstić information content (AvgIpc) is 2.95. The number of fused-ring (bicyclic) bond motifs is 1. The van der Waals surface area contributed by atoms with Crippen molar-refractivity contribution in [2.45, 2.75) is 20.0 Å². The highest BCUT2D eigenvalue weighted by atomic mass is 79.9. The summed E-state index contributed by atoms with van der Waals surface area (Å²) in [6.07, 6.45) is 1.39. The van der Waals surface area contributed by atoms with Crippen molar-refractivity contribution in [3.63, 3.8) is 0 Å². The molecule has 1 aromatic carbocycles. The topological polar surface area (TPSA) is 81.2 Å². The second-order valence-electron chi connectivity index (χ2n) is 5.52. The lowest BCUT2D eigenvalue weighted by Crippen LogP contribution is -2.33. The van der Waals surface area contributed by atoms with Crippen LogP contribution < -0.4 is 5.56 Å². The molecule has 3 aromatic rings. The number of hydrogen-bond donors (Lipinski definition) is 0. The molecule has 124 valence electrons. The van der Waals surface area contributed by atoms with Crippen molar-refractivity contribution in [2.24, 2.45) is 0 Å². The number of rotatable bonds is 4. The summed E-state index contributed by atoms with van der Waals surface area (Å²) in [5.41, 5.74) is 1.01. The Kier molecular flexibility index (Phi) is 4.48. The number of likely N-dealkylation sites (N-methyl/N-ethyl adjacent to an activating group) is 1. The van der Waals surface area contributed by atoms with Gasteiger partial charge in [0.15, 0.2) is 0 Å². The van der Waals surface area contributed by atoms with Crippen molar-refractivity contribution in [1.82, 2.24) is 19.6 Å². The minimum absolute atomic E-state index is 0.0817. The molecule has 0 aliphatic carbocycles. The van der Waals surface area contributed by atoms with Crippen LogP contribution in [0.2, 0.25) is 0 Å². The maximum Gasteiger partial charge on any atom is 0.261 e. The minimum Gasteiger partial charge on any atom is -0.361 e. The quantitative estimate of drug-likeness (QED) is 0.681. The lowest BCUT2D eigenvalue weighted by atomic mass is 10.2. The molecule has 2 aromatic heterocycles. The molecule has 24 heavy (non-hydrogen) atoms. The second kappa shape index (κ2) is 6.56. The number of amides is 1. The minimum atomic E-state index is -0.250. The standard InChI is InChI=1S/C16H15BrN4O3/c1-10-5-12(19-24-10)7-20(2)15(22)8-21-9-18-14-4-3-11(17)6-13(14)16(21)23/h3-6,9H,7-8H2,1-2H3. The van der Waals surface area contributed by atoms with Gasteiger partial charge in [-0.05, 0) is 25.1 Å². The predicted octanol–water partition coefficient (Wildman–Crippen LogP) is 2.11.